The van der Waals surface area contributed by atoms with Crippen molar-refractivity contribution in [2.24, 2.45) is 0 Å². The summed E-state index contributed by atoms with van der Waals surface area (Å²) in [6.07, 6.45) is 1.85. The van der Waals surface area contributed by atoms with Gasteiger partial charge in [0.15, 0.2) is 0 Å². The first-order valence-corrected chi connectivity index (χ1v) is 8.29. The Morgan fingerprint density at radius 1 is 1.37 bits per heavy atom. The Labute approximate surface area is 119 Å². The largest absolute Gasteiger partial charge is 0.310 e. The number of halogens is 1. The third-order valence-electron chi connectivity index (χ3n) is 2.93. The maximum Gasteiger partial charge on any atom is 0.240 e. The highest BCUT2D eigenvalue weighted by atomic mass is 35.5. The van der Waals surface area contributed by atoms with Crippen LogP contribution in [0.5, 0.6) is 0 Å². The molecule has 1 aliphatic carbocycles. The standard InChI is InChI=1S/C13H19ClN2O2S/c1-9(2)15-8-10-7-12(5-6-13(10)14)19(17,18)16-11-3-4-11/h5-7,9,11,15-16H,3-4,8H2,1-2H3. The van der Waals surface area contributed by atoms with Gasteiger partial charge in [0.1, 0.15) is 0 Å². The van der Waals surface area contributed by atoms with Crippen LogP contribution in [0.25, 0.3) is 0 Å². The van der Waals surface area contributed by atoms with Crippen molar-refractivity contribution in [2.75, 3.05) is 0 Å². The maximum absolute atomic E-state index is 12.1. The van der Waals surface area contributed by atoms with Gasteiger partial charge in [0, 0.05) is 23.7 Å². The van der Waals surface area contributed by atoms with Gasteiger partial charge in [-0.3, -0.25) is 0 Å². The van der Waals surface area contributed by atoms with Crippen molar-refractivity contribution >= 4 is 21.6 Å². The topological polar surface area (TPSA) is 58.2 Å². The molecule has 0 heterocycles. The van der Waals surface area contributed by atoms with Crippen LogP contribution in [0.2, 0.25) is 5.02 Å². The minimum atomic E-state index is -3.41. The summed E-state index contributed by atoms with van der Waals surface area (Å²) in [5.74, 6) is 0. The van der Waals surface area contributed by atoms with E-state index in [4.69, 9.17) is 11.6 Å². The minimum Gasteiger partial charge on any atom is -0.310 e. The lowest BCUT2D eigenvalue weighted by Crippen LogP contribution is -2.26. The van der Waals surface area contributed by atoms with Gasteiger partial charge in [-0.2, -0.15) is 0 Å². The fraction of sp³-hybridized carbons (Fsp3) is 0.538. The van der Waals surface area contributed by atoms with Crippen LogP contribution >= 0.6 is 11.6 Å². The summed E-state index contributed by atoms with van der Waals surface area (Å²) in [5.41, 5.74) is 0.800. The van der Waals surface area contributed by atoms with Crippen LogP contribution in [0.15, 0.2) is 23.1 Å². The Kier molecular flexibility index (Phi) is 4.50. The van der Waals surface area contributed by atoms with E-state index in [0.29, 0.717) is 17.6 Å². The lowest BCUT2D eigenvalue weighted by atomic mass is 10.2. The summed E-state index contributed by atoms with van der Waals surface area (Å²) in [5, 5.41) is 3.82. The molecule has 0 radical (unpaired) electrons. The van der Waals surface area contributed by atoms with Crippen LogP contribution in [0.4, 0.5) is 0 Å². The zero-order valence-electron chi connectivity index (χ0n) is 11.1. The van der Waals surface area contributed by atoms with Crippen LogP contribution in [0, 0.1) is 0 Å². The van der Waals surface area contributed by atoms with Gasteiger partial charge in [0.05, 0.1) is 4.90 Å². The van der Waals surface area contributed by atoms with Crippen LogP contribution in [0.3, 0.4) is 0 Å². The zero-order valence-corrected chi connectivity index (χ0v) is 12.7. The minimum absolute atomic E-state index is 0.109. The molecule has 0 bridgehead atoms. The Balaban J connectivity index is 2.19. The summed E-state index contributed by atoms with van der Waals surface area (Å²) in [6.45, 7) is 4.62. The maximum atomic E-state index is 12.1. The quantitative estimate of drug-likeness (QED) is 0.847. The molecular formula is C13H19ClN2O2S. The van der Waals surface area contributed by atoms with Gasteiger partial charge < -0.3 is 5.32 Å². The van der Waals surface area contributed by atoms with E-state index in [2.05, 4.69) is 10.0 Å². The van der Waals surface area contributed by atoms with E-state index in [-0.39, 0.29) is 10.9 Å². The molecule has 0 atom stereocenters. The smallest absolute Gasteiger partial charge is 0.240 e. The van der Waals surface area contributed by atoms with Crippen molar-refractivity contribution in [1.29, 1.82) is 0 Å². The molecule has 1 aromatic rings. The van der Waals surface area contributed by atoms with E-state index >= 15 is 0 Å². The van der Waals surface area contributed by atoms with E-state index in [1.807, 2.05) is 13.8 Å². The Morgan fingerprint density at radius 3 is 2.63 bits per heavy atom. The predicted octanol–water partition coefficient (Wildman–Crippen LogP) is 2.28. The zero-order chi connectivity index (χ0) is 14.0. The molecule has 1 aliphatic rings. The Bertz CT molecular complexity index is 554. The monoisotopic (exact) mass is 302 g/mol. The van der Waals surface area contributed by atoms with Crippen LogP contribution in [0.1, 0.15) is 32.3 Å². The van der Waals surface area contributed by atoms with E-state index in [9.17, 15) is 8.42 Å². The number of benzene rings is 1. The molecule has 1 fully saturated rings. The third-order valence-corrected chi connectivity index (χ3v) is 4.81. The lowest BCUT2D eigenvalue weighted by Gasteiger charge is -2.12. The van der Waals surface area contributed by atoms with E-state index in [1.165, 1.54) is 0 Å². The molecule has 0 spiro atoms. The summed E-state index contributed by atoms with van der Waals surface area (Å²) in [7, 11) is -3.41. The highest BCUT2D eigenvalue weighted by Crippen LogP contribution is 2.24. The van der Waals surface area contributed by atoms with Crippen molar-refractivity contribution < 1.29 is 8.42 Å². The van der Waals surface area contributed by atoms with Gasteiger partial charge in [-0.25, -0.2) is 13.1 Å². The van der Waals surface area contributed by atoms with Crippen molar-refractivity contribution in [3.05, 3.63) is 28.8 Å². The molecule has 0 aromatic heterocycles. The first-order chi connectivity index (χ1) is 8.88. The fourth-order valence-corrected chi connectivity index (χ4v) is 3.20. The molecule has 4 nitrogen and oxygen atoms in total. The predicted molar refractivity (Wildman–Crippen MR) is 76.8 cm³/mol. The molecule has 2 rings (SSSR count). The van der Waals surface area contributed by atoms with Gasteiger partial charge >= 0.3 is 0 Å². The molecule has 6 heteroatoms. The van der Waals surface area contributed by atoms with Crippen molar-refractivity contribution in [2.45, 2.75) is 50.2 Å². The van der Waals surface area contributed by atoms with Crippen LogP contribution in [-0.4, -0.2) is 20.5 Å². The van der Waals surface area contributed by atoms with Crippen molar-refractivity contribution in [1.82, 2.24) is 10.0 Å². The highest BCUT2D eigenvalue weighted by Gasteiger charge is 2.28. The molecule has 0 saturated heterocycles. The van der Waals surface area contributed by atoms with Gasteiger partial charge in [0.25, 0.3) is 0 Å². The van der Waals surface area contributed by atoms with Crippen molar-refractivity contribution in [3.63, 3.8) is 0 Å². The highest BCUT2D eigenvalue weighted by molar-refractivity contribution is 7.89. The fourth-order valence-electron chi connectivity index (χ4n) is 1.66. The average molecular weight is 303 g/mol. The molecule has 0 aliphatic heterocycles. The van der Waals surface area contributed by atoms with E-state index < -0.39 is 10.0 Å². The molecule has 1 aromatic carbocycles. The second-order valence-electron chi connectivity index (χ2n) is 5.18. The number of hydrogen-bond acceptors (Lipinski definition) is 3. The summed E-state index contributed by atoms with van der Waals surface area (Å²) in [4.78, 5) is 0.282. The molecule has 19 heavy (non-hydrogen) atoms. The SMILES string of the molecule is CC(C)NCc1cc(S(=O)(=O)NC2CC2)ccc1Cl. The molecular weight excluding hydrogens is 284 g/mol. The second kappa shape index (κ2) is 5.79. The van der Waals surface area contributed by atoms with Crippen LogP contribution < -0.4 is 10.0 Å². The second-order valence-corrected chi connectivity index (χ2v) is 7.31. The van der Waals surface area contributed by atoms with E-state index in [1.54, 1.807) is 18.2 Å². The molecule has 106 valence electrons. The van der Waals surface area contributed by atoms with Gasteiger partial charge in [-0.15, -0.1) is 0 Å². The molecule has 1 saturated carbocycles. The number of hydrogen-bond donors (Lipinski definition) is 2. The normalized spacial score (nSPS) is 16.0. The van der Waals surface area contributed by atoms with Gasteiger partial charge in [0.2, 0.25) is 10.0 Å². The van der Waals surface area contributed by atoms with E-state index in [0.717, 1.165) is 18.4 Å². The third kappa shape index (κ3) is 4.18. The first-order valence-electron chi connectivity index (χ1n) is 6.42. The van der Waals surface area contributed by atoms with Gasteiger partial charge in [-0.05, 0) is 36.6 Å². The van der Waals surface area contributed by atoms with Gasteiger partial charge in [-0.1, -0.05) is 25.4 Å². The summed E-state index contributed by atoms with van der Waals surface area (Å²) in [6, 6.07) is 5.26. The lowest BCUT2D eigenvalue weighted by molar-refractivity contribution is 0.578. The Morgan fingerprint density at radius 2 is 2.05 bits per heavy atom. The molecule has 0 amide bonds. The summed E-state index contributed by atoms with van der Waals surface area (Å²) >= 11 is 6.09. The molecule has 0 unspecified atom stereocenters. The Hall–Kier alpha value is -0.620. The number of nitrogens with one attached hydrogen (secondary N) is 2. The number of sulfonamides is 1. The summed E-state index contributed by atoms with van der Waals surface area (Å²) < 4.78 is 26.9. The number of rotatable bonds is 6. The first kappa shape index (κ1) is 14.8. The molecule has 2 N–H and O–H groups in total. The average Bonchev–Trinajstić information content (AvgIpc) is 3.10. The van der Waals surface area contributed by atoms with Crippen LogP contribution in [-0.2, 0) is 16.6 Å². The van der Waals surface area contributed by atoms with Crippen molar-refractivity contribution in [3.8, 4) is 0 Å².